The highest BCUT2D eigenvalue weighted by molar-refractivity contribution is 6.72. The Balaban J connectivity index is 2.00. The Hall–Kier alpha value is -2.43. The number of ether oxygens (including phenoxy) is 1. The lowest BCUT2D eigenvalue weighted by atomic mass is 10.0. The Bertz CT molecular complexity index is 924. The van der Waals surface area contributed by atoms with Gasteiger partial charge in [-0.05, 0) is 62.0 Å². The molecule has 6 nitrogen and oxygen atoms in total. The van der Waals surface area contributed by atoms with Crippen molar-refractivity contribution in [2.24, 2.45) is 0 Å². The first-order chi connectivity index (χ1) is 13.0. The fourth-order valence-corrected chi connectivity index (χ4v) is 3.60. The molecule has 2 N–H and O–H groups in total. The molecule has 0 radical (unpaired) electrons. The molecule has 2 aromatic rings. The number of unbranched alkanes of at least 4 members (excludes halogenated alkanes) is 1. The second-order valence-electron chi connectivity index (χ2n) is 8.29. The second-order valence-corrected chi connectivity index (χ2v) is 12.8. The molecule has 2 rings (SSSR count). The molecule has 28 heavy (non-hydrogen) atoms. The second kappa shape index (κ2) is 8.72. The molecule has 0 aliphatic heterocycles. The summed E-state index contributed by atoms with van der Waals surface area (Å²) in [6.07, 6.45) is 4.49. The summed E-state index contributed by atoms with van der Waals surface area (Å²) in [5, 5.41) is 9.07. The highest BCUT2D eigenvalue weighted by atomic mass is 28.4. The molecule has 0 saturated carbocycles. The van der Waals surface area contributed by atoms with Crippen molar-refractivity contribution in [3.8, 4) is 23.1 Å². The third-order valence-electron chi connectivity index (χ3n) is 5.51. The number of nitriles is 1. The zero-order valence-corrected chi connectivity index (χ0v) is 18.3. The summed E-state index contributed by atoms with van der Waals surface area (Å²) >= 11 is 0. The van der Waals surface area contributed by atoms with Crippen LogP contribution in [0.4, 0.5) is 0 Å². The molecule has 0 aliphatic rings. The van der Waals surface area contributed by atoms with Crippen LogP contribution in [-0.2, 0) is 0 Å². The van der Waals surface area contributed by atoms with Crippen LogP contribution >= 0.6 is 0 Å². The van der Waals surface area contributed by atoms with Crippen LogP contribution in [0.25, 0.3) is 11.1 Å². The third-order valence-corrected chi connectivity index (χ3v) is 9.07. The Morgan fingerprint density at radius 2 is 2.04 bits per heavy atom. The first-order valence-corrected chi connectivity index (χ1v) is 12.5. The van der Waals surface area contributed by atoms with Crippen molar-refractivity contribution in [2.45, 2.75) is 58.2 Å². The van der Waals surface area contributed by atoms with Gasteiger partial charge in [0.25, 0.3) is 5.56 Å². The largest absolute Gasteiger partial charge is 0.478 e. The number of H-pyrrole nitrogens is 1. The average Bonchev–Trinajstić information content (AvgIpc) is 2.61. The number of hydrogen-bond acceptors (Lipinski definition) is 5. The van der Waals surface area contributed by atoms with E-state index in [4.69, 9.17) is 10.00 Å². The Labute approximate surface area is 167 Å². The summed E-state index contributed by atoms with van der Waals surface area (Å²) in [5.41, 5.74) is 2.01. The molecule has 150 valence electrons. The molecule has 0 spiro atoms. The number of nitrogens with one attached hydrogen (secondary N) is 1. The standard InChI is InChI=1S/C21H29N3O3Si/c1-15-18(12-17(14-22)20(25)24-15)16-8-10-23-19(13-16)27-11-7-6-9-21(2,3)28(4,5)26/h8,10,12-13,26H,6-7,9,11H2,1-5H3,(H,24,25). The average molecular weight is 400 g/mol. The van der Waals surface area contributed by atoms with Crippen molar-refractivity contribution in [2.75, 3.05) is 6.61 Å². The summed E-state index contributed by atoms with van der Waals surface area (Å²) < 4.78 is 5.79. The number of nitrogens with zero attached hydrogens (tertiary/aromatic N) is 2. The molecule has 0 fully saturated rings. The number of aryl methyl sites for hydroxylation is 1. The summed E-state index contributed by atoms with van der Waals surface area (Å²) in [4.78, 5) is 29.0. The topological polar surface area (TPSA) is 99.0 Å². The van der Waals surface area contributed by atoms with Gasteiger partial charge in [0.05, 0.1) is 6.61 Å². The minimum Gasteiger partial charge on any atom is -0.478 e. The predicted octanol–water partition coefficient (Wildman–Crippen LogP) is 4.14. The summed E-state index contributed by atoms with van der Waals surface area (Å²) in [6.45, 7) is 10.6. The van der Waals surface area contributed by atoms with E-state index in [0.717, 1.165) is 30.4 Å². The SMILES string of the molecule is Cc1[nH]c(=O)c(C#N)cc1-c1ccnc(OCCCCC(C)(C)[Si](C)(C)O)c1. The van der Waals surface area contributed by atoms with Crippen molar-refractivity contribution >= 4 is 8.32 Å². The smallest absolute Gasteiger partial charge is 0.266 e. The van der Waals surface area contributed by atoms with E-state index in [1.54, 1.807) is 19.2 Å². The molecule has 0 amide bonds. The van der Waals surface area contributed by atoms with Crippen LogP contribution in [0.3, 0.4) is 0 Å². The van der Waals surface area contributed by atoms with Gasteiger partial charge in [0.15, 0.2) is 8.32 Å². The molecule has 2 aromatic heterocycles. The fourth-order valence-electron chi connectivity index (χ4n) is 2.81. The molecule has 0 atom stereocenters. The summed E-state index contributed by atoms with van der Waals surface area (Å²) in [5.74, 6) is 0.512. The third kappa shape index (κ3) is 5.30. The zero-order chi connectivity index (χ0) is 20.9. The maximum Gasteiger partial charge on any atom is 0.266 e. The highest BCUT2D eigenvalue weighted by Crippen LogP contribution is 2.40. The minimum atomic E-state index is -2.17. The molecule has 0 unspecified atom stereocenters. The fraction of sp³-hybridized carbons (Fsp3) is 0.476. The van der Waals surface area contributed by atoms with Crippen LogP contribution < -0.4 is 10.3 Å². The van der Waals surface area contributed by atoms with Crippen molar-refractivity contribution in [1.82, 2.24) is 9.97 Å². The molecule has 0 saturated heterocycles. The van der Waals surface area contributed by atoms with Crippen molar-refractivity contribution in [3.05, 3.63) is 46.0 Å². The van der Waals surface area contributed by atoms with Gasteiger partial charge in [-0.1, -0.05) is 13.8 Å². The van der Waals surface area contributed by atoms with Gasteiger partial charge in [-0.2, -0.15) is 5.26 Å². The van der Waals surface area contributed by atoms with Gasteiger partial charge in [-0.25, -0.2) is 4.98 Å². The quantitative estimate of drug-likeness (QED) is 0.513. The Morgan fingerprint density at radius 1 is 1.32 bits per heavy atom. The van der Waals surface area contributed by atoms with Gasteiger partial charge < -0.3 is 14.5 Å². The van der Waals surface area contributed by atoms with E-state index in [2.05, 4.69) is 23.8 Å². The van der Waals surface area contributed by atoms with Crippen molar-refractivity contribution < 1.29 is 9.53 Å². The number of pyridine rings is 2. The Morgan fingerprint density at radius 3 is 2.68 bits per heavy atom. The lowest BCUT2D eigenvalue weighted by molar-refractivity contribution is 0.289. The summed E-state index contributed by atoms with van der Waals surface area (Å²) in [7, 11) is -2.17. The van der Waals surface area contributed by atoms with Crippen LogP contribution in [-0.4, -0.2) is 29.7 Å². The van der Waals surface area contributed by atoms with Crippen LogP contribution in [0.1, 0.15) is 44.4 Å². The monoisotopic (exact) mass is 399 g/mol. The number of hydrogen-bond donors (Lipinski definition) is 2. The van der Waals surface area contributed by atoms with Gasteiger partial charge in [-0.3, -0.25) is 4.79 Å². The molecule has 0 aliphatic carbocycles. The van der Waals surface area contributed by atoms with Gasteiger partial charge in [0.2, 0.25) is 5.88 Å². The summed E-state index contributed by atoms with van der Waals surface area (Å²) in [6, 6.07) is 7.15. The first kappa shape index (κ1) is 21.9. The van der Waals surface area contributed by atoms with E-state index in [9.17, 15) is 9.59 Å². The Kier molecular flexibility index (Phi) is 6.81. The molecule has 7 heteroatoms. The minimum absolute atomic E-state index is 0.0225. The first-order valence-electron chi connectivity index (χ1n) is 9.51. The zero-order valence-electron chi connectivity index (χ0n) is 17.3. The molecule has 0 aromatic carbocycles. The van der Waals surface area contributed by atoms with Crippen LogP contribution in [0.5, 0.6) is 5.88 Å². The molecule has 2 heterocycles. The van der Waals surface area contributed by atoms with Gasteiger partial charge in [0, 0.05) is 23.5 Å². The number of aromatic nitrogens is 2. The molecular formula is C21H29N3O3Si. The van der Waals surface area contributed by atoms with Gasteiger partial charge in [-0.15, -0.1) is 0 Å². The van der Waals surface area contributed by atoms with Crippen LogP contribution in [0, 0.1) is 18.3 Å². The van der Waals surface area contributed by atoms with Crippen molar-refractivity contribution in [1.29, 1.82) is 5.26 Å². The maximum absolute atomic E-state index is 11.7. The van der Waals surface area contributed by atoms with Gasteiger partial charge in [0.1, 0.15) is 11.6 Å². The molecular weight excluding hydrogens is 370 g/mol. The number of rotatable bonds is 8. The van der Waals surface area contributed by atoms with Crippen LogP contribution in [0.15, 0.2) is 29.2 Å². The van der Waals surface area contributed by atoms with E-state index < -0.39 is 8.32 Å². The number of aromatic amines is 1. The lowest BCUT2D eigenvalue weighted by Crippen LogP contribution is -2.38. The van der Waals surface area contributed by atoms with Gasteiger partial charge >= 0.3 is 0 Å². The maximum atomic E-state index is 11.7. The highest BCUT2D eigenvalue weighted by Gasteiger charge is 2.37. The van der Waals surface area contributed by atoms with Crippen LogP contribution in [0.2, 0.25) is 18.1 Å². The normalized spacial score (nSPS) is 11.9. The van der Waals surface area contributed by atoms with E-state index in [-0.39, 0.29) is 16.2 Å². The predicted molar refractivity (Wildman–Crippen MR) is 113 cm³/mol. The van der Waals surface area contributed by atoms with E-state index in [0.29, 0.717) is 18.2 Å². The van der Waals surface area contributed by atoms with Crippen molar-refractivity contribution in [3.63, 3.8) is 0 Å². The van der Waals surface area contributed by atoms with E-state index in [1.165, 1.54) is 0 Å². The lowest BCUT2D eigenvalue weighted by Gasteiger charge is -2.35. The van der Waals surface area contributed by atoms with E-state index in [1.807, 2.05) is 31.3 Å². The molecule has 0 bridgehead atoms. The van der Waals surface area contributed by atoms with E-state index >= 15 is 0 Å².